The summed E-state index contributed by atoms with van der Waals surface area (Å²) in [7, 11) is 0. The van der Waals surface area contributed by atoms with Crippen molar-refractivity contribution in [3.63, 3.8) is 0 Å². The van der Waals surface area contributed by atoms with Gasteiger partial charge in [0.1, 0.15) is 0 Å². The second-order valence-corrected chi connectivity index (χ2v) is 6.34. The molecular formula is C16H30N4. The number of aromatic nitrogens is 2. The second-order valence-electron chi connectivity index (χ2n) is 6.34. The molecule has 0 bridgehead atoms. The van der Waals surface area contributed by atoms with Crippen LogP contribution in [0.2, 0.25) is 0 Å². The number of hydrogen-bond donors (Lipinski definition) is 1. The molecule has 114 valence electrons. The van der Waals surface area contributed by atoms with E-state index in [4.69, 9.17) is 0 Å². The van der Waals surface area contributed by atoms with E-state index in [0.29, 0.717) is 18.0 Å². The SMILES string of the molecule is CCC1CNC(C(C)C)CN1Cc1cc(C)nn1CC. The number of nitrogens with one attached hydrogen (secondary N) is 1. The van der Waals surface area contributed by atoms with Crippen LogP contribution < -0.4 is 5.32 Å². The van der Waals surface area contributed by atoms with Crippen molar-refractivity contribution in [1.82, 2.24) is 20.0 Å². The quantitative estimate of drug-likeness (QED) is 0.898. The van der Waals surface area contributed by atoms with Crippen LogP contribution in [0, 0.1) is 12.8 Å². The third-order valence-electron chi connectivity index (χ3n) is 4.49. The van der Waals surface area contributed by atoms with Gasteiger partial charge in [-0.15, -0.1) is 0 Å². The second kappa shape index (κ2) is 6.72. The Labute approximate surface area is 123 Å². The van der Waals surface area contributed by atoms with E-state index < -0.39 is 0 Å². The number of piperazine rings is 1. The largest absolute Gasteiger partial charge is 0.311 e. The third-order valence-corrected chi connectivity index (χ3v) is 4.49. The first-order valence-electron chi connectivity index (χ1n) is 8.05. The molecule has 2 rings (SSSR count). The molecule has 2 heterocycles. The maximum absolute atomic E-state index is 4.57. The fourth-order valence-corrected chi connectivity index (χ4v) is 3.13. The van der Waals surface area contributed by atoms with Crippen LogP contribution in [-0.2, 0) is 13.1 Å². The summed E-state index contributed by atoms with van der Waals surface area (Å²) in [5.74, 6) is 0.688. The molecule has 1 aliphatic rings. The monoisotopic (exact) mass is 278 g/mol. The van der Waals surface area contributed by atoms with E-state index >= 15 is 0 Å². The number of hydrogen-bond acceptors (Lipinski definition) is 3. The van der Waals surface area contributed by atoms with Crippen molar-refractivity contribution < 1.29 is 0 Å². The van der Waals surface area contributed by atoms with Crippen molar-refractivity contribution >= 4 is 0 Å². The Morgan fingerprint density at radius 1 is 1.40 bits per heavy atom. The predicted molar refractivity (Wildman–Crippen MR) is 83.8 cm³/mol. The maximum atomic E-state index is 4.57. The lowest BCUT2D eigenvalue weighted by molar-refractivity contribution is 0.100. The van der Waals surface area contributed by atoms with Crippen molar-refractivity contribution in [1.29, 1.82) is 0 Å². The zero-order valence-corrected chi connectivity index (χ0v) is 13.7. The van der Waals surface area contributed by atoms with Crippen molar-refractivity contribution in [3.05, 3.63) is 17.5 Å². The van der Waals surface area contributed by atoms with Crippen molar-refractivity contribution in [2.75, 3.05) is 13.1 Å². The summed E-state index contributed by atoms with van der Waals surface area (Å²) in [6.07, 6.45) is 1.21. The van der Waals surface area contributed by atoms with Gasteiger partial charge < -0.3 is 5.32 Å². The molecule has 2 atom stereocenters. The van der Waals surface area contributed by atoms with Crippen LogP contribution in [0.15, 0.2) is 6.07 Å². The highest BCUT2D eigenvalue weighted by atomic mass is 15.3. The Balaban J connectivity index is 2.10. The van der Waals surface area contributed by atoms with Gasteiger partial charge >= 0.3 is 0 Å². The lowest BCUT2D eigenvalue weighted by Gasteiger charge is -2.41. The van der Waals surface area contributed by atoms with Crippen LogP contribution in [0.4, 0.5) is 0 Å². The molecule has 4 heteroatoms. The summed E-state index contributed by atoms with van der Waals surface area (Å²) in [5.41, 5.74) is 2.48. The molecule has 0 aromatic carbocycles. The third kappa shape index (κ3) is 3.41. The van der Waals surface area contributed by atoms with E-state index in [0.717, 1.165) is 31.9 Å². The molecule has 1 saturated heterocycles. The minimum atomic E-state index is 0.608. The Hall–Kier alpha value is -0.870. The van der Waals surface area contributed by atoms with Gasteiger partial charge in [-0.05, 0) is 32.3 Å². The molecule has 1 aliphatic heterocycles. The molecule has 0 spiro atoms. The Bertz CT molecular complexity index is 424. The zero-order valence-electron chi connectivity index (χ0n) is 13.7. The lowest BCUT2D eigenvalue weighted by atomic mass is 9.98. The fraction of sp³-hybridized carbons (Fsp3) is 0.812. The smallest absolute Gasteiger partial charge is 0.0597 e. The summed E-state index contributed by atoms with van der Waals surface area (Å²) in [6, 6.07) is 3.49. The summed E-state index contributed by atoms with van der Waals surface area (Å²) in [5, 5.41) is 8.28. The standard InChI is InChI=1S/C16H30N4/c1-6-14-9-17-16(12(3)4)11-19(14)10-15-8-13(5)18-20(15)7-2/h8,12,14,16-17H,6-7,9-11H2,1-5H3. The van der Waals surface area contributed by atoms with Gasteiger partial charge in [-0.1, -0.05) is 20.8 Å². The van der Waals surface area contributed by atoms with E-state index in [9.17, 15) is 0 Å². The molecule has 20 heavy (non-hydrogen) atoms. The van der Waals surface area contributed by atoms with Crippen molar-refractivity contribution in [3.8, 4) is 0 Å². The zero-order chi connectivity index (χ0) is 14.7. The molecule has 1 N–H and O–H groups in total. The molecule has 1 aromatic rings. The first-order chi connectivity index (χ1) is 9.55. The van der Waals surface area contributed by atoms with Gasteiger partial charge in [-0.2, -0.15) is 5.10 Å². The predicted octanol–water partition coefficient (Wildman–Crippen LogP) is 2.42. The minimum absolute atomic E-state index is 0.608. The fourth-order valence-electron chi connectivity index (χ4n) is 3.13. The highest BCUT2D eigenvalue weighted by Crippen LogP contribution is 2.18. The van der Waals surface area contributed by atoms with Crippen LogP contribution in [0.1, 0.15) is 45.5 Å². The van der Waals surface area contributed by atoms with E-state index in [1.165, 1.54) is 12.1 Å². The molecular weight excluding hydrogens is 248 g/mol. The molecule has 0 radical (unpaired) electrons. The molecule has 0 saturated carbocycles. The first kappa shape index (κ1) is 15.5. The van der Waals surface area contributed by atoms with Crippen LogP contribution in [-0.4, -0.2) is 39.9 Å². The summed E-state index contributed by atoms with van der Waals surface area (Å²) < 4.78 is 2.15. The normalized spacial score (nSPS) is 24.5. The van der Waals surface area contributed by atoms with E-state index in [1.807, 2.05) is 0 Å². The van der Waals surface area contributed by atoms with Crippen LogP contribution in [0.3, 0.4) is 0 Å². The van der Waals surface area contributed by atoms with E-state index in [1.54, 1.807) is 0 Å². The van der Waals surface area contributed by atoms with E-state index in [2.05, 4.69) is 60.7 Å². The van der Waals surface area contributed by atoms with Crippen LogP contribution in [0.25, 0.3) is 0 Å². The highest BCUT2D eigenvalue weighted by Gasteiger charge is 2.28. The van der Waals surface area contributed by atoms with Gasteiger partial charge in [0.15, 0.2) is 0 Å². The maximum Gasteiger partial charge on any atom is 0.0597 e. The van der Waals surface area contributed by atoms with Gasteiger partial charge in [0.25, 0.3) is 0 Å². The Morgan fingerprint density at radius 3 is 2.75 bits per heavy atom. The molecule has 0 amide bonds. The topological polar surface area (TPSA) is 33.1 Å². The molecule has 4 nitrogen and oxygen atoms in total. The molecule has 0 aliphatic carbocycles. The van der Waals surface area contributed by atoms with Gasteiger partial charge in [-0.25, -0.2) is 0 Å². The minimum Gasteiger partial charge on any atom is -0.311 e. The van der Waals surface area contributed by atoms with Crippen molar-refractivity contribution in [2.45, 2.75) is 66.2 Å². The Kier molecular flexibility index (Phi) is 5.22. The summed E-state index contributed by atoms with van der Waals surface area (Å²) in [6.45, 7) is 15.4. The number of nitrogens with zero attached hydrogens (tertiary/aromatic N) is 3. The summed E-state index contributed by atoms with van der Waals surface area (Å²) >= 11 is 0. The average Bonchev–Trinajstić information content (AvgIpc) is 2.78. The first-order valence-corrected chi connectivity index (χ1v) is 8.05. The lowest BCUT2D eigenvalue weighted by Crippen LogP contribution is -2.57. The van der Waals surface area contributed by atoms with Crippen LogP contribution >= 0.6 is 0 Å². The van der Waals surface area contributed by atoms with Crippen LogP contribution in [0.5, 0.6) is 0 Å². The molecule has 2 unspecified atom stereocenters. The van der Waals surface area contributed by atoms with E-state index in [-0.39, 0.29) is 0 Å². The van der Waals surface area contributed by atoms with Gasteiger partial charge in [-0.3, -0.25) is 9.58 Å². The van der Waals surface area contributed by atoms with Gasteiger partial charge in [0, 0.05) is 38.3 Å². The number of rotatable bonds is 5. The average molecular weight is 278 g/mol. The highest BCUT2D eigenvalue weighted by molar-refractivity contribution is 5.09. The number of aryl methyl sites for hydroxylation is 2. The Morgan fingerprint density at radius 2 is 2.15 bits per heavy atom. The molecule has 1 aromatic heterocycles. The molecule has 1 fully saturated rings. The van der Waals surface area contributed by atoms with Gasteiger partial charge in [0.05, 0.1) is 11.4 Å². The van der Waals surface area contributed by atoms with Gasteiger partial charge in [0.2, 0.25) is 0 Å². The van der Waals surface area contributed by atoms with Crippen molar-refractivity contribution in [2.24, 2.45) is 5.92 Å². The summed E-state index contributed by atoms with van der Waals surface area (Å²) in [4.78, 5) is 2.64.